The molecule has 30 heavy (non-hydrogen) atoms. The van der Waals surface area contributed by atoms with Gasteiger partial charge in [-0.2, -0.15) is 0 Å². The van der Waals surface area contributed by atoms with Gasteiger partial charge < -0.3 is 5.32 Å². The van der Waals surface area contributed by atoms with Gasteiger partial charge in [-0.15, -0.1) is 0 Å². The Morgan fingerprint density at radius 2 is 1.67 bits per heavy atom. The minimum absolute atomic E-state index is 0.113. The van der Waals surface area contributed by atoms with Crippen LogP contribution in [0.25, 0.3) is 16.6 Å². The Balaban J connectivity index is 1.72. The van der Waals surface area contributed by atoms with Crippen molar-refractivity contribution >= 4 is 34.3 Å². The summed E-state index contributed by atoms with van der Waals surface area (Å²) in [5, 5.41) is 2.86. The number of benzene rings is 3. The van der Waals surface area contributed by atoms with Crippen molar-refractivity contribution in [3.63, 3.8) is 0 Å². The van der Waals surface area contributed by atoms with Crippen LogP contribution in [0.3, 0.4) is 0 Å². The highest BCUT2D eigenvalue weighted by atomic mass is 32.2. The molecule has 0 aliphatic carbocycles. The number of carbonyl (C=O) groups excluding carboxylic acids is 1. The number of aromatic nitrogens is 2. The summed E-state index contributed by atoms with van der Waals surface area (Å²) in [5.41, 5.74) is 1.11. The Kier molecular flexibility index (Phi) is 5.63. The predicted octanol–water partition coefficient (Wildman–Crippen LogP) is 4.64. The van der Waals surface area contributed by atoms with Gasteiger partial charge in [0.2, 0.25) is 5.91 Å². The van der Waals surface area contributed by atoms with Crippen molar-refractivity contribution < 1.29 is 9.18 Å². The fourth-order valence-electron chi connectivity index (χ4n) is 3.00. The topological polar surface area (TPSA) is 64.0 Å². The average molecular weight is 419 g/mol. The Bertz CT molecular complexity index is 1270. The first-order valence-corrected chi connectivity index (χ1v) is 10.2. The number of amides is 1. The smallest absolute Gasteiger partial charge is 0.266 e. The monoisotopic (exact) mass is 419 g/mol. The molecule has 1 N–H and O–H groups in total. The Labute approximate surface area is 176 Å². The number of anilines is 1. The summed E-state index contributed by atoms with van der Waals surface area (Å²) in [6.07, 6.45) is 0. The maximum Gasteiger partial charge on any atom is 0.266 e. The average Bonchev–Trinajstić information content (AvgIpc) is 2.76. The maximum atomic E-state index is 13.9. The summed E-state index contributed by atoms with van der Waals surface area (Å²) in [6.45, 7) is 1.69. The molecule has 150 valence electrons. The van der Waals surface area contributed by atoms with Crippen LogP contribution in [0.1, 0.15) is 6.92 Å². The second kappa shape index (κ2) is 8.51. The minimum Gasteiger partial charge on any atom is -0.323 e. The maximum absolute atomic E-state index is 13.9. The second-order valence-corrected chi connectivity index (χ2v) is 7.92. The molecular formula is C23H18FN3O2S. The highest BCUT2D eigenvalue weighted by Crippen LogP contribution is 2.26. The zero-order chi connectivity index (χ0) is 21.1. The summed E-state index contributed by atoms with van der Waals surface area (Å²) in [5.74, 6) is -0.889. The van der Waals surface area contributed by atoms with Crippen LogP contribution in [-0.4, -0.2) is 20.7 Å². The number of hydrogen-bond acceptors (Lipinski definition) is 4. The number of hydrogen-bond donors (Lipinski definition) is 1. The molecular weight excluding hydrogens is 401 g/mol. The van der Waals surface area contributed by atoms with Crippen LogP contribution >= 0.6 is 11.8 Å². The van der Waals surface area contributed by atoms with Crippen molar-refractivity contribution in [2.24, 2.45) is 0 Å². The van der Waals surface area contributed by atoms with Crippen molar-refractivity contribution in [1.29, 1.82) is 0 Å². The first-order valence-electron chi connectivity index (χ1n) is 9.34. The Morgan fingerprint density at radius 3 is 2.43 bits per heavy atom. The Morgan fingerprint density at radius 1 is 1.00 bits per heavy atom. The molecule has 0 radical (unpaired) electrons. The van der Waals surface area contributed by atoms with Gasteiger partial charge in [-0.25, -0.2) is 9.37 Å². The zero-order valence-corrected chi connectivity index (χ0v) is 16.9. The van der Waals surface area contributed by atoms with Crippen molar-refractivity contribution in [1.82, 2.24) is 9.55 Å². The third-order valence-electron chi connectivity index (χ3n) is 4.54. The van der Waals surface area contributed by atoms with E-state index < -0.39 is 11.1 Å². The molecule has 7 heteroatoms. The summed E-state index contributed by atoms with van der Waals surface area (Å²) in [6, 6.07) is 22.2. The number of nitrogens with one attached hydrogen (secondary N) is 1. The van der Waals surface area contributed by atoms with Gasteiger partial charge in [0.1, 0.15) is 5.82 Å². The highest BCUT2D eigenvalue weighted by Gasteiger charge is 2.21. The van der Waals surface area contributed by atoms with Gasteiger partial charge in [-0.1, -0.05) is 54.2 Å². The first kappa shape index (κ1) is 19.8. The molecule has 1 amide bonds. The van der Waals surface area contributed by atoms with E-state index in [0.29, 0.717) is 21.7 Å². The lowest BCUT2D eigenvalue weighted by molar-refractivity contribution is -0.115. The molecule has 5 nitrogen and oxygen atoms in total. The second-order valence-electron chi connectivity index (χ2n) is 6.62. The molecule has 0 aliphatic heterocycles. The van der Waals surface area contributed by atoms with E-state index in [2.05, 4.69) is 10.3 Å². The van der Waals surface area contributed by atoms with Crippen LogP contribution < -0.4 is 10.9 Å². The van der Waals surface area contributed by atoms with Crippen LogP contribution in [0.2, 0.25) is 0 Å². The number of thioether (sulfide) groups is 1. The summed E-state index contributed by atoms with van der Waals surface area (Å²) < 4.78 is 15.4. The lowest BCUT2D eigenvalue weighted by Gasteiger charge is -2.16. The molecule has 4 rings (SSSR count). The molecule has 3 aromatic carbocycles. The van der Waals surface area contributed by atoms with Gasteiger partial charge in [0.15, 0.2) is 5.16 Å². The largest absolute Gasteiger partial charge is 0.323 e. The van der Waals surface area contributed by atoms with Crippen LogP contribution in [0.4, 0.5) is 10.1 Å². The van der Waals surface area contributed by atoms with Crippen LogP contribution in [0.15, 0.2) is 88.8 Å². The normalized spacial score (nSPS) is 11.9. The van der Waals surface area contributed by atoms with Crippen LogP contribution in [-0.2, 0) is 4.79 Å². The van der Waals surface area contributed by atoms with E-state index in [1.165, 1.54) is 16.7 Å². The third-order valence-corrected chi connectivity index (χ3v) is 5.59. The molecule has 0 saturated carbocycles. The number of fused-ring (bicyclic) bond motifs is 1. The molecule has 0 saturated heterocycles. The van der Waals surface area contributed by atoms with E-state index in [9.17, 15) is 14.0 Å². The molecule has 4 aromatic rings. The van der Waals surface area contributed by atoms with E-state index in [1.54, 1.807) is 37.3 Å². The van der Waals surface area contributed by atoms with Gasteiger partial charge >= 0.3 is 0 Å². The molecule has 0 fully saturated rings. The predicted molar refractivity (Wildman–Crippen MR) is 118 cm³/mol. The van der Waals surface area contributed by atoms with E-state index in [1.807, 2.05) is 36.4 Å². The molecule has 0 bridgehead atoms. The minimum atomic E-state index is -0.618. The third kappa shape index (κ3) is 3.97. The van der Waals surface area contributed by atoms with Gasteiger partial charge in [0.05, 0.1) is 27.5 Å². The van der Waals surface area contributed by atoms with Gasteiger partial charge in [0, 0.05) is 0 Å². The van der Waals surface area contributed by atoms with Gasteiger partial charge in [0.25, 0.3) is 5.56 Å². The van der Waals surface area contributed by atoms with E-state index >= 15 is 0 Å². The first-order chi connectivity index (χ1) is 14.5. The van der Waals surface area contributed by atoms with Crippen molar-refractivity contribution in [3.8, 4) is 5.69 Å². The fourth-order valence-corrected chi connectivity index (χ4v) is 3.93. The summed E-state index contributed by atoms with van der Waals surface area (Å²) in [7, 11) is 0. The van der Waals surface area contributed by atoms with Crippen LogP contribution in [0, 0.1) is 5.82 Å². The zero-order valence-electron chi connectivity index (χ0n) is 16.1. The van der Waals surface area contributed by atoms with Crippen molar-refractivity contribution in [3.05, 3.63) is 95.0 Å². The number of para-hydroxylation sites is 3. The van der Waals surface area contributed by atoms with E-state index in [4.69, 9.17) is 0 Å². The van der Waals surface area contributed by atoms with Gasteiger partial charge in [-0.05, 0) is 43.3 Å². The Hall–Kier alpha value is -3.45. The highest BCUT2D eigenvalue weighted by molar-refractivity contribution is 8.00. The molecule has 1 unspecified atom stereocenters. The number of rotatable bonds is 5. The van der Waals surface area contributed by atoms with Crippen LogP contribution in [0.5, 0.6) is 0 Å². The number of halogens is 1. The lowest BCUT2D eigenvalue weighted by atomic mass is 10.2. The number of nitrogens with zero attached hydrogens (tertiary/aromatic N) is 2. The van der Waals surface area contributed by atoms with E-state index in [-0.39, 0.29) is 17.2 Å². The number of carbonyl (C=O) groups is 1. The quantitative estimate of drug-likeness (QED) is 0.378. The van der Waals surface area contributed by atoms with E-state index in [0.717, 1.165) is 11.8 Å². The summed E-state index contributed by atoms with van der Waals surface area (Å²) in [4.78, 5) is 30.5. The molecule has 1 atom stereocenters. The molecule has 0 aliphatic rings. The molecule has 1 aromatic heterocycles. The fraction of sp³-hybridized carbons (Fsp3) is 0.0870. The van der Waals surface area contributed by atoms with Gasteiger partial charge in [-0.3, -0.25) is 14.2 Å². The standard InChI is InChI=1S/C23H18FN3O2S/c1-15(21(28)25-20-14-8-6-12-18(20)24)30-23-26-19-13-7-5-11-17(19)22(29)27(23)16-9-3-2-4-10-16/h2-15H,1H3,(H,25,28). The molecule has 1 heterocycles. The summed E-state index contributed by atoms with van der Waals surface area (Å²) >= 11 is 1.14. The SMILES string of the molecule is CC(Sc1nc2ccccc2c(=O)n1-c1ccccc1)C(=O)Nc1ccccc1F. The van der Waals surface area contributed by atoms with Crippen molar-refractivity contribution in [2.75, 3.05) is 5.32 Å². The lowest BCUT2D eigenvalue weighted by Crippen LogP contribution is -2.26. The molecule has 0 spiro atoms. The van der Waals surface area contributed by atoms with Crippen molar-refractivity contribution in [2.45, 2.75) is 17.3 Å².